The van der Waals surface area contributed by atoms with E-state index in [1.165, 1.54) is 5.56 Å². The van der Waals surface area contributed by atoms with E-state index >= 15 is 0 Å². The molecular formula is C24H25N3O3. The molecule has 0 aromatic heterocycles. The van der Waals surface area contributed by atoms with Crippen molar-refractivity contribution in [3.05, 3.63) is 59.3 Å². The Bertz CT molecular complexity index is 1050. The number of benzene rings is 2. The summed E-state index contributed by atoms with van der Waals surface area (Å²) in [7, 11) is 5.02. The number of rotatable bonds is 3. The summed E-state index contributed by atoms with van der Waals surface area (Å²) in [6, 6.07) is 13.9. The summed E-state index contributed by atoms with van der Waals surface area (Å²) in [5.41, 5.74) is 4.19. The van der Waals surface area contributed by atoms with Crippen molar-refractivity contribution in [3.63, 3.8) is 0 Å². The quantitative estimate of drug-likeness (QED) is 0.786. The molecule has 2 aromatic carbocycles. The Balaban J connectivity index is 1.66. The topological polar surface area (TPSA) is 63.2 Å². The minimum absolute atomic E-state index is 0.159. The zero-order valence-corrected chi connectivity index (χ0v) is 17.5. The second-order valence-electron chi connectivity index (χ2n) is 7.98. The molecule has 1 aliphatic carbocycles. The van der Waals surface area contributed by atoms with E-state index in [-0.39, 0.29) is 5.78 Å². The van der Waals surface area contributed by atoms with Crippen molar-refractivity contribution >= 4 is 23.0 Å². The molecule has 0 radical (unpaired) electrons. The number of ketones is 1. The zero-order valence-electron chi connectivity index (χ0n) is 17.5. The minimum Gasteiger partial charge on any atom is -0.497 e. The highest BCUT2D eigenvalue weighted by Gasteiger charge is 2.59. The third kappa shape index (κ3) is 2.56. The second kappa shape index (κ2) is 6.90. The number of carbonyl (C=O) groups is 1. The minimum atomic E-state index is -0.578. The predicted octanol–water partition coefficient (Wildman–Crippen LogP) is 3.97. The van der Waals surface area contributed by atoms with Gasteiger partial charge in [0.1, 0.15) is 22.9 Å². The number of carbonyl (C=O) groups excluding carboxylic acids is 1. The number of anilines is 2. The number of nitrogens with one attached hydrogen (secondary N) is 1. The van der Waals surface area contributed by atoms with Gasteiger partial charge in [-0.3, -0.25) is 9.79 Å². The van der Waals surface area contributed by atoms with Crippen molar-refractivity contribution in [1.82, 2.24) is 0 Å². The van der Waals surface area contributed by atoms with Crippen molar-refractivity contribution in [2.45, 2.75) is 31.2 Å². The monoisotopic (exact) mass is 403 g/mol. The van der Waals surface area contributed by atoms with Gasteiger partial charge in [0.15, 0.2) is 5.78 Å². The Kier molecular flexibility index (Phi) is 4.31. The highest BCUT2D eigenvalue weighted by Crippen LogP contribution is 2.50. The standard InChI is InChI=1S/C24H25N3O3/c1-25-23-21(20-11-15-7-4-5-8-19(15)26-20)22(28)24(9-6-10-24)27(23)16-12-17(29-2)14-18(13-16)30-3/h4-5,7-8,12-14,26H,6,9-11H2,1-3H3. The highest BCUT2D eigenvalue weighted by atomic mass is 16.5. The van der Waals surface area contributed by atoms with Crippen LogP contribution in [0, 0.1) is 0 Å². The van der Waals surface area contributed by atoms with Gasteiger partial charge in [0, 0.05) is 43.1 Å². The molecule has 1 spiro atoms. The maximum absolute atomic E-state index is 13.8. The lowest BCUT2D eigenvalue weighted by Crippen LogP contribution is -2.55. The lowest BCUT2D eigenvalue weighted by molar-refractivity contribution is -0.121. The maximum atomic E-state index is 13.8. The Hall–Kier alpha value is -3.28. The molecule has 154 valence electrons. The summed E-state index contributed by atoms with van der Waals surface area (Å²) in [6.45, 7) is 0. The molecule has 6 nitrogen and oxygen atoms in total. The maximum Gasteiger partial charge on any atom is 0.194 e. The molecule has 1 N–H and O–H groups in total. The first-order chi connectivity index (χ1) is 14.6. The van der Waals surface area contributed by atoms with Crippen molar-refractivity contribution in [2.75, 3.05) is 31.5 Å². The largest absolute Gasteiger partial charge is 0.497 e. The van der Waals surface area contributed by atoms with Gasteiger partial charge in [0.25, 0.3) is 0 Å². The fourth-order valence-corrected chi connectivity index (χ4v) is 4.83. The number of aliphatic imine (C=N–C) groups is 1. The first-order valence-electron chi connectivity index (χ1n) is 10.2. The van der Waals surface area contributed by atoms with E-state index in [1.807, 2.05) is 30.3 Å². The summed E-state index contributed by atoms with van der Waals surface area (Å²) in [5, 5.41) is 3.48. The lowest BCUT2D eigenvalue weighted by atomic mass is 9.73. The number of nitrogens with zero attached hydrogens (tertiary/aromatic N) is 2. The van der Waals surface area contributed by atoms with Crippen LogP contribution in [-0.4, -0.2) is 38.4 Å². The highest BCUT2D eigenvalue weighted by molar-refractivity contribution is 6.38. The fourth-order valence-electron chi connectivity index (χ4n) is 4.83. The molecule has 30 heavy (non-hydrogen) atoms. The van der Waals surface area contributed by atoms with Crippen LogP contribution < -0.4 is 19.7 Å². The fraction of sp³-hybridized carbons (Fsp3) is 0.333. The molecule has 0 bridgehead atoms. The van der Waals surface area contributed by atoms with Gasteiger partial charge < -0.3 is 19.7 Å². The van der Waals surface area contributed by atoms with Gasteiger partial charge >= 0.3 is 0 Å². The molecule has 5 rings (SSSR count). The van der Waals surface area contributed by atoms with Crippen molar-refractivity contribution in [1.29, 1.82) is 0 Å². The number of methoxy groups -OCH3 is 2. The van der Waals surface area contributed by atoms with Crippen molar-refractivity contribution in [3.8, 4) is 11.5 Å². The summed E-state index contributed by atoms with van der Waals surface area (Å²) < 4.78 is 11.0. The van der Waals surface area contributed by atoms with E-state index in [2.05, 4.69) is 27.3 Å². The van der Waals surface area contributed by atoms with E-state index in [0.29, 0.717) is 29.3 Å². The molecule has 2 heterocycles. The summed E-state index contributed by atoms with van der Waals surface area (Å²) >= 11 is 0. The molecule has 3 aliphatic rings. The molecular weight excluding hydrogens is 378 g/mol. The number of ether oxygens (including phenoxy) is 2. The third-order valence-electron chi connectivity index (χ3n) is 6.47. The zero-order chi connectivity index (χ0) is 20.9. The van der Waals surface area contributed by atoms with Crippen LogP contribution in [0.2, 0.25) is 0 Å². The van der Waals surface area contributed by atoms with E-state index in [0.717, 1.165) is 36.3 Å². The number of hydrogen-bond acceptors (Lipinski definition) is 5. The van der Waals surface area contributed by atoms with Crippen LogP contribution in [0.3, 0.4) is 0 Å². The number of allylic oxidation sites excluding steroid dienone is 1. The van der Waals surface area contributed by atoms with Gasteiger partial charge in [-0.15, -0.1) is 0 Å². The average Bonchev–Trinajstić information content (AvgIpc) is 3.28. The van der Waals surface area contributed by atoms with Crippen LogP contribution in [-0.2, 0) is 11.2 Å². The van der Waals surface area contributed by atoms with Crippen LogP contribution in [0.4, 0.5) is 11.4 Å². The summed E-state index contributed by atoms with van der Waals surface area (Å²) in [6.07, 6.45) is 3.36. The second-order valence-corrected chi connectivity index (χ2v) is 7.98. The molecule has 0 amide bonds. The first-order valence-corrected chi connectivity index (χ1v) is 10.2. The Labute approximate surface area is 176 Å². The van der Waals surface area contributed by atoms with Crippen molar-refractivity contribution in [2.24, 2.45) is 4.99 Å². The number of fused-ring (bicyclic) bond motifs is 1. The number of para-hydroxylation sites is 1. The summed E-state index contributed by atoms with van der Waals surface area (Å²) in [4.78, 5) is 20.5. The molecule has 1 saturated heterocycles. The van der Waals surface area contributed by atoms with Crippen LogP contribution in [0.5, 0.6) is 11.5 Å². The molecule has 2 fully saturated rings. The number of amidine groups is 1. The van der Waals surface area contributed by atoms with E-state index in [4.69, 9.17) is 9.47 Å². The van der Waals surface area contributed by atoms with Gasteiger partial charge in [0.2, 0.25) is 0 Å². The first kappa shape index (κ1) is 18.7. The van der Waals surface area contributed by atoms with Crippen molar-refractivity contribution < 1.29 is 14.3 Å². The van der Waals surface area contributed by atoms with Crippen LogP contribution in [0.25, 0.3) is 0 Å². The molecule has 6 heteroatoms. The van der Waals surface area contributed by atoms with Crippen LogP contribution >= 0.6 is 0 Å². The van der Waals surface area contributed by atoms with Gasteiger partial charge in [-0.25, -0.2) is 0 Å². The number of hydrogen-bond donors (Lipinski definition) is 1. The Morgan fingerprint density at radius 2 is 1.77 bits per heavy atom. The van der Waals surface area contributed by atoms with Crippen LogP contribution in [0.1, 0.15) is 24.8 Å². The smallest absolute Gasteiger partial charge is 0.194 e. The van der Waals surface area contributed by atoms with Gasteiger partial charge in [-0.2, -0.15) is 0 Å². The molecule has 2 aliphatic heterocycles. The van der Waals surface area contributed by atoms with Gasteiger partial charge in [-0.05, 0) is 30.9 Å². The Morgan fingerprint density at radius 3 is 2.33 bits per heavy atom. The van der Waals surface area contributed by atoms with E-state index < -0.39 is 5.54 Å². The van der Waals surface area contributed by atoms with Crippen LogP contribution in [0.15, 0.2) is 58.7 Å². The van der Waals surface area contributed by atoms with E-state index in [1.54, 1.807) is 21.3 Å². The molecule has 1 saturated carbocycles. The SMILES string of the molecule is CN=C1C(=C2Cc3ccccc3N2)C(=O)C2(CCC2)N1c1cc(OC)cc(OC)c1. The summed E-state index contributed by atoms with van der Waals surface area (Å²) in [5.74, 6) is 2.25. The lowest BCUT2D eigenvalue weighted by Gasteiger charge is -2.44. The normalized spacial score (nSPS) is 22.8. The van der Waals surface area contributed by atoms with E-state index in [9.17, 15) is 4.79 Å². The molecule has 0 atom stereocenters. The predicted molar refractivity (Wildman–Crippen MR) is 118 cm³/mol. The van der Waals surface area contributed by atoms with Gasteiger partial charge in [0.05, 0.1) is 25.5 Å². The average molecular weight is 403 g/mol. The molecule has 0 unspecified atom stereocenters. The third-order valence-corrected chi connectivity index (χ3v) is 6.47. The number of Topliss-reactive ketones (excluding diaryl/α,β-unsaturated/α-hetero) is 1. The Morgan fingerprint density at radius 1 is 1.07 bits per heavy atom. The van der Waals surface area contributed by atoms with Gasteiger partial charge in [-0.1, -0.05) is 18.2 Å². The molecule has 2 aromatic rings.